The van der Waals surface area contributed by atoms with E-state index < -0.39 is 0 Å². The number of hydrogen-bond donors (Lipinski definition) is 4. The lowest BCUT2D eigenvalue weighted by Crippen LogP contribution is -2.50. The summed E-state index contributed by atoms with van der Waals surface area (Å²) in [6, 6.07) is 7.14. The lowest BCUT2D eigenvalue weighted by Gasteiger charge is -2.38. The molecule has 2 bridgehead atoms. The molecule has 0 saturated carbocycles. The van der Waals surface area contributed by atoms with Gasteiger partial charge >= 0.3 is 6.09 Å². The number of rotatable bonds is 5. The number of nitrogens with one attached hydrogen (secondary N) is 4. The molecule has 0 spiro atoms. The van der Waals surface area contributed by atoms with Crippen LogP contribution in [0.4, 0.5) is 16.4 Å². The standard InChI is InChI=1S/C22H31N7O2/c1-3-31-22(30)29-15-6-7-16(29)11-14(10-15)24-21-17-5-4-8-23-18(17)12-19(26-21)25-20-9-13(2)27-28-20/h4-5,8,12-16,20,27-28H,3,6-7,9-11H2,1-2H3,(H2,24,25,26)/t13?,14?,15-,16+,20?. The van der Waals surface area contributed by atoms with Crippen LogP contribution in [0.1, 0.15) is 46.0 Å². The molecule has 3 fully saturated rings. The quantitative estimate of drug-likeness (QED) is 0.580. The van der Waals surface area contributed by atoms with E-state index in [1.165, 1.54) is 0 Å². The van der Waals surface area contributed by atoms with Crippen molar-refractivity contribution >= 4 is 28.6 Å². The number of nitrogens with zero attached hydrogens (tertiary/aromatic N) is 3. The molecule has 5 heterocycles. The molecule has 1 amide bonds. The van der Waals surface area contributed by atoms with Gasteiger partial charge in [-0.05, 0) is 58.1 Å². The SMILES string of the molecule is CCOC(=O)N1[C@@H]2CC[C@H]1CC(Nc1nc(NC3CC(C)NN3)cc3ncccc13)C2. The third-order valence-corrected chi connectivity index (χ3v) is 6.57. The van der Waals surface area contributed by atoms with Gasteiger partial charge in [0.25, 0.3) is 0 Å². The van der Waals surface area contributed by atoms with E-state index in [0.29, 0.717) is 12.6 Å². The number of aromatic nitrogens is 2. The van der Waals surface area contributed by atoms with Gasteiger partial charge < -0.3 is 20.3 Å². The maximum Gasteiger partial charge on any atom is 0.410 e. The van der Waals surface area contributed by atoms with E-state index in [2.05, 4.69) is 39.5 Å². The molecule has 166 valence electrons. The van der Waals surface area contributed by atoms with Crippen LogP contribution in [0, 0.1) is 0 Å². The Balaban J connectivity index is 1.35. The fourth-order valence-corrected chi connectivity index (χ4v) is 5.23. The highest BCUT2D eigenvalue weighted by Gasteiger charge is 2.44. The number of hydrazine groups is 1. The largest absolute Gasteiger partial charge is 0.450 e. The van der Waals surface area contributed by atoms with E-state index in [-0.39, 0.29) is 30.4 Å². The summed E-state index contributed by atoms with van der Waals surface area (Å²) in [6.45, 7) is 4.43. The highest BCUT2D eigenvalue weighted by Crippen LogP contribution is 2.38. The Morgan fingerprint density at radius 2 is 2.03 bits per heavy atom. The van der Waals surface area contributed by atoms with Crippen LogP contribution < -0.4 is 21.5 Å². The summed E-state index contributed by atoms with van der Waals surface area (Å²) in [4.78, 5) is 23.8. The molecule has 3 aliphatic heterocycles. The molecule has 2 aromatic rings. The molecule has 0 aromatic carbocycles. The van der Waals surface area contributed by atoms with Crippen LogP contribution >= 0.6 is 0 Å². The Kier molecular flexibility index (Phi) is 5.54. The van der Waals surface area contributed by atoms with Crippen molar-refractivity contribution < 1.29 is 9.53 Å². The van der Waals surface area contributed by atoms with Crippen molar-refractivity contribution in [1.29, 1.82) is 0 Å². The van der Waals surface area contributed by atoms with Gasteiger partial charge in [-0.25, -0.2) is 15.2 Å². The summed E-state index contributed by atoms with van der Waals surface area (Å²) in [7, 11) is 0. The van der Waals surface area contributed by atoms with Gasteiger partial charge in [-0.2, -0.15) is 0 Å². The summed E-state index contributed by atoms with van der Waals surface area (Å²) in [5, 5.41) is 8.17. The molecule has 31 heavy (non-hydrogen) atoms. The monoisotopic (exact) mass is 425 g/mol. The predicted molar refractivity (Wildman–Crippen MR) is 120 cm³/mol. The highest BCUT2D eigenvalue weighted by molar-refractivity contribution is 5.91. The molecule has 3 saturated heterocycles. The number of piperidine rings is 1. The number of fused-ring (bicyclic) bond motifs is 3. The lowest BCUT2D eigenvalue weighted by atomic mass is 9.97. The number of carbonyl (C=O) groups excluding carboxylic acids is 1. The molecular formula is C22H31N7O2. The molecule has 0 aliphatic carbocycles. The first-order valence-electron chi connectivity index (χ1n) is 11.4. The summed E-state index contributed by atoms with van der Waals surface area (Å²) in [5.74, 6) is 1.65. The van der Waals surface area contributed by atoms with Crippen LogP contribution in [0.3, 0.4) is 0 Å². The molecular weight excluding hydrogens is 394 g/mol. The molecule has 9 heteroatoms. The zero-order chi connectivity index (χ0) is 21.4. The van der Waals surface area contributed by atoms with Crippen molar-refractivity contribution in [2.45, 2.75) is 76.3 Å². The summed E-state index contributed by atoms with van der Waals surface area (Å²) >= 11 is 0. The van der Waals surface area contributed by atoms with Crippen molar-refractivity contribution in [3.8, 4) is 0 Å². The fraction of sp³-hybridized carbons (Fsp3) is 0.591. The average Bonchev–Trinajstić information content (AvgIpc) is 3.28. The maximum absolute atomic E-state index is 12.4. The summed E-state index contributed by atoms with van der Waals surface area (Å²) < 4.78 is 5.29. The first-order chi connectivity index (χ1) is 15.1. The van der Waals surface area contributed by atoms with Crippen LogP contribution in [0.2, 0.25) is 0 Å². The number of pyridine rings is 2. The second-order valence-electron chi connectivity index (χ2n) is 8.85. The van der Waals surface area contributed by atoms with E-state index in [4.69, 9.17) is 9.72 Å². The number of ether oxygens (including phenoxy) is 1. The molecule has 4 N–H and O–H groups in total. The van der Waals surface area contributed by atoms with Gasteiger partial charge in [0.05, 0.1) is 18.3 Å². The van der Waals surface area contributed by atoms with Crippen molar-refractivity contribution in [3.63, 3.8) is 0 Å². The van der Waals surface area contributed by atoms with E-state index in [9.17, 15) is 4.79 Å². The minimum absolute atomic E-state index is 0.125. The van der Waals surface area contributed by atoms with Gasteiger partial charge in [0.1, 0.15) is 11.6 Å². The van der Waals surface area contributed by atoms with Crippen LogP contribution in [0.15, 0.2) is 24.4 Å². The Labute approximate surface area is 182 Å². The smallest absolute Gasteiger partial charge is 0.410 e. The van der Waals surface area contributed by atoms with Gasteiger partial charge in [-0.1, -0.05) is 0 Å². The van der Waals surface area contributed by atoms with E-state index in [1.807, 2.05) is 30.2 Å². The van der Waals surface area contributed by atoms with E-state index in [0.717, 1.165) is 54.6 Å². The van der Waals surface area contributed by atoms with Crippen molar-refractivity contribution in [3.05, 3.63) is 24.4 Å². The maximum atomic E-state index is 12.4. The zero-order valence-electron chi connectivity index (χ0n) is 18.1. The second-order valence-corrected chi connectivity index (χ2v) is 8.85. The molecule has 5 atom stereocenters. The highest BCUT2D eigenvalue weighted by atomic mass is 16.6. The molecule has 2 aromatic heterocycles. The van der Waals surface area contributed by atoms with Gasteiger partial charge in [0.2, 0.25) is 0 Å². The number of carbonyl (C=O) groups is 1. The van der Waals surface area contributed by atoms with Gasteiger partial charge in [-0.15, -0.1) is 0 Å². The third-order valence-electron chi connectivity index (χ3n) is 6.57. The van der Waals surface area contributed by atoms with Crippen molar-refractivity contribution in [2.75, 3.05) is 17.2 Å². The normalized spacial score (nSPS) is 29.9. The Hall–Kier alpha value is -2.65. The first-order valence-corrected chi connectivity index (χ1v) is 11.4. The minimum Gasteiger partial charge on any atom is -0.450 e. The Morgan fingerprint density at radius 3 is 2.74 bits per heavy atom. The van der Waals surface area contributed by atoms with Gasteiger partial charge in [0, 0.05) is 41.8 Å². The molecule has 3 unspecified atom stereocenters. The second kappa shape index (κ2) is 8.47. The lowest BCUT2D eigenvalue weighted by molar-refractivity contribution is 0.0711. The molecule has 9 nitrogen and oxygen atoms in total. The number of hydrogen-bond acceptors (Lipinski definition) is 8. The van der Waals surface area contributed by atoms with Gasteiger partial charge in [0.15, 0.2) is 0 Å². The summed E-state index contributed by atoms with van der Waals surface area (Å²) in [6.07, 6.45) is 6.63. The molecule has 0 radical (unpaired) electrons. The third kappa shape index (κ3) is 4.12. The minimum atomic E-state index is -0.167. The summed E-state index contributed by atoms with van der Waals surface area (Å²) in [5.41, 5.74) is 7.40. The van der Waals surface area contributed by atoms with Crippen molar-refractivity contribution in [1.82, 2.24) is 25.7 Å². The Morgan fingerprint density at radius 1 is 1.23 bits per heavy atom. The van der Waals surface area contributed by atoms with Gasteiger partial charge in [-0.3, -0.25) is 10.4 Å². The van der Waals surface area contributed by atoms with E-state index >= 15 is 0 Å². The number of anilines is 2. The first kappa shape index (κ1) is 20.3. The number of amides is 1. The fourth-order valence-electron chi connectivity index (χ4n) is 5.23. The van der Waals surface area contributed by atoms with E-state index in [1.54, 1.807) is 0 Å². The van der Waals surface area contributed by atoms with Crippen LogP contribution in [-0.2, 0) is 4.74 Å². The van der Waals surface area contributed by atoms with Crippen LogP contribution in [0.25, 0.3) is 10.9 Å². The molecule has 5 rings (SSSR count). The average molecular weight is 426 g/mol. The predicted octanol–water partition coefficient (Wildman–Crippen LogP) is 2.82. The Bertz CT molecular complexity index is 941. The topological polar surface area (TPSA) is 103 Å². The zero-order valence-corrected chi connectivity index (χ0v) is 18.1. The van der Waals surface area contributed by atoms with Crippen LogP contribution in [-0.4, -0.2) is 57.9 Å². The molecule has 3 aliphatic rings. The van der Waals surface area contributed by atoms with Crippen molar-refractivity contribution in [2.24, 2.45) is 0 Å². The van der Waals surface area contributed by atoms with Crippen LogP contribution in [0.5, 0.6) is 0 Å².